The Bertz CT molecular complexity index is 1150. The summed E-state index contributed by atoms with van der Waals surface area (Å²) in [5, 5.41) is -2.03. The largest absolute Gasteiger partial charge is 0.484 e. The highest BCUT2D eigenvalue weighted by atomic mass is 32.2. The van der Waals surface area contributed by atoms with Crippen LogP contribution in [0.1, 0.15) is 24.2 Å². The first-order valence-electron chi connectivity index (χ1n) is 9.97. The summed E-state index contributed by atoms with van der Waals surface area (Å²) in [4.78, 5) is 0. The van der Waals surface area contributed by atoms with Crippen molar-refractivity contribution in [3.05, 3.63) is 29.8 Å². The first kappa shape index (κ1) is 36.8. The van der Waals surface area contributed by atoms with Gasteiger partial charge in [-0.3, -0.25) is 4.55 Å². The van der Waals surface area contributed by atoms with Gasteiger partial charge in [0.25, 0.3) is 10.1 Å². The molecule has 0 fully saturated rings. The van der Waals surface area contributed by atoms with E-state index in [2.05, 4.69) is 9.47 Å². The maximum atomic E-state index is 13.8. The quantitative estimate of drug-likeness (QED) is 0.171. The van der Waals surface area contributed by atoms with Gasteiger partial charge in [0.2, 0.25) is 0 Å². The number of halogens is 16. The first-order valence-corrected chi connectivity index (χ1v) is 11.5. The summed E-state index contributed by atoms with van der Waals surface area (Å²) in [6, 6.07) is 2.89. The molecular weight excluding hydrogens is 648 g/mol. The smallest absolute Gasteiger partial charge is 0.460 e. The standard InChI is InChI=1S/C18H14F16O6S/c1-8(19)5-11(41(35,36)37)9-3-2-4-10(6-9)38-7-12(20,21)39-17(31,32)18(33,34)40-16(29,30)14(24,25)13(22,23)15(26,27)28/h2-4,6,8,11H,5,7H2,1H3,(H,35,36,37)/t8?,11-/m1/s1. The van der Waals surface area contributed by atoms with Gasteiger partial charge in [-0.15, -0.1) is 0 Å². The van der Waals surface area contributed by atoms with Crippen LogP contribution in [0.3, 0.4) is 0 Å². The van der Waals surface area contributed by atoms with Gasteiger partial charge in [0.05, 0.1) is 6.17 Å². The van der Waals surface area contributed by atoms with Crippen LogP contribution in [-0.4, -0.2) is 68.2 Å². The molecule has 0 aliphatic heterocycles. The van der Waals surface area contributed by atoms with Crippen LogP contribution in [0.15, 0.2) is 24.3 Å². The third-order valence-corrected chi connectivity index (χ3v) is 5.71. The number of ether oxygens (including phenoxy) is 3. The summed E-state index contributed by atoms with van der Waals surface area (Å²) in [7, 11) is -5.05. The minimum Gasteiger partial charge on any atom is -0.484 e. The molecule has 0 radical (unpaired) electrons. The van der Waals surface area contributed by atoms with Gasteiger partial charge in [0.1, 0.15) is 11.0 Å². The van der Waals surface area contributed by atoms with Crippen LogP contribution in [0.25, 0.3) is 0 Å². The van der Waals surface area contributed by atoms with Crippen molar-refractivity contribution in [1.29, 1.82) is 0 Å². The van der Waals surface area contributed by atoms with Crippen LogP contribution in [-0.2, 0) is 19.6 Å². The van der Waals surface area contributed by atoms with Gasteiger partial charge in [-0.25, -0.2) is 13.9 Å². The Morgan fingerprint density at radius 2 is 1.27 bits per heavy atom. The second-order valence-corrected chi connectivity index (χ2v) is 9.52. The molecule has 23 heteroatoms. The molecule has 0 aliphatic carbocycles. The second-order valence-electron chi connectivity index (χ2n) is 7.92. The molecule has 0 aliphatic rings. The highest BCUT2D eigenvalue weighted by Gasteiger charge is 2.85. The molecule has 0 saturated heterocycles. The predicted octanol–water partition coefficient (Wildman–Crippen LogP) is 6.98. The summed E-state index contributed by atoms with van der Waals surface area (Å²) in [6.45, 7) is -1.73. The van der Waals surface area contributed by atoms with E-state index in [1.807, 2.05) is 0 Å². The lowest BCUT2D eigenvalue weighted by Gasteiger charge is -2.36. The molecule has 2 atom stereocenters. The molecule has 1 unspecified atom stereocenters. The van der Waals surface area contributed by atoms with E-state index < -0.39 is 88.3 Å². The Morgan fingerprint density at radius 1 is 0.780 bits per heavy atom. The highest BCUT2D eigenvalue weighted by Crippen LogP contribution is 2.56. The van der Waals surface area contributed by atoms with E-state index >= 15 is 0 Å². The zero-order chi connectivity index (χ0) is 32.7. The zero-order valence-electron chi connectivity index (χ0n) is 19.3. The van der Waals surface area contributed by atoms with E-state index in [9.17, 15) is 83.2 Å². The Kier molecular flexibility index (Phi) is 10.2. The molecule has 1 rings (SSSR count). The van der Waals surface area contributed by atoms with Crippen LogP contribution < -0.4 is 4.74 Å². The van der Waals surface area contributed by atoms with Gasteiger partial charge in [0, 0.05) is 6.42 Å². The molecular formula is C18H14F16O6S. The third kappa shape index (κ3) is 8.40. The number of alkyl halides is 16. The first-order chi connectivity index (χ1) is 17.9. The topological polar surface area (TPSA) is 82.1 Å². The summed E-state index contributed by atoms with van der Waals surface area (Å²) in [6.07, 6.45) is -38.4. The van der Waals surface area contributed by atoms with Crippen LogP contribution >= 0.6 is 0 Å². The van der Waals surface area contributed by atoms with Crippen molar-refractivity contribution < 1.29 is 97.4 Å². The maximum absolute atomic E-state index is 13.8. The lowest BCUT2D eigenvalue weighted by Crippen LogP contribution is -2.64. The van der Waals surface area contributed by atoms with Gasteiger partial charge >= 0.3 is 42.5 Å². The summed E-state index contributed by atoms with van der Waals surface area (Å²) in [5.74, 6) is -16.8. The van der Waals surface area contributed by atoms with E-state index in [-0.39, 0.29) is 0 Å². The van der Waals surface area contributed by atoms with Gasteiger partial charge in [0.15, 0.2) is 6.61 Å². The zero-order valence-corrected chi connectivity index (χ0v) is 20.1. The van der Waals surface area contributed by atoms with Crippen molar-refractivity contribution in [1.82, 2.24) is 0 Å². The highest BCUT2D eigenvalue weighted by molar-refractivity contribution is 7.86. The van der Waals surface area contributed by atoms with Crippen molar-refractivity contribution in [3.8, 4) is 5.75 Å². The fraction of sp³-hybridized carbons (Fsp3) is 0.667. The van der Waals surface area contributed by atoms with Crippen molar-refractivity contribution in [2.75, 3.05) is 6.61 Å². The van der Waals surface area contributed by atoms with Crippen molar-refractivity contribution >= 4 is 10.1 Å². The van der Waals surface area contributed by atoms with Gasteiger partial charge < -0.3 is 4.74 Å². The SMILES string of the molecule is CC(F)C[C@H](c1cccc(OCC(F)(F)OC(F)(F)C(F)(F)OC(F)(F)C(F)(F)C(F)(F)C(F)(F)F)c1)S(=O)(=O)O. The molecule has 0 bridgehead atoms. The molecule has 0 spiro atoms. The lowest BCUT2D eigenvalue weighted by atomic mass is 10.1. The van der Waals surface area contributed by atoms with Crippen LogP contribution in [0, 0.1) is 0 Å². The molecule has 1 aromatic rings. The number of benzene rings is 1. The molecule has 240 valence electrons. The average molecular weight is 662 g/mol. The Morgan fingerprint density at radius 3 is 1.71 bits per heavy atom. The maximum Gasteiger partial charge on any atom is 0.460 e. The molecule has 0 saturated carbocycles. The van der Waals surface area contributed by atoms with Gasteiger partial charge in [-0.2, -0.15) is 74.3 Å². The van der Waals surface area contributed by atoms with Crippen LogP contribution in [0.2, 0.25) is 0 Å². The Balaban J connectivity index is 3.14. The normalized spacial score (nSPS) is 16.4. The molecule has 1 aromatic carbocycles. The van der Waals surface area contributed by atoms with Gasteiger partial charge in [-0.1, -0.05) is 12.1 Å². The molecule has 1 N–H and O–H groups in total. The van der Waals surface area contributed by atoms with E-state index in [0.29, 0.717) is 12.1 Å². The average Bonchev–Trinajstić information content (AvgIpc) is 2.73. The number of hydrogen-bond acceptors (Lipinski definition) is 5. The number of rotatable bonds is 14. The minimum atomic E-state index is -7.99. The summed E-state index contributed by atoms with van der Waals surface area (Å²) < 4.78 is 249. The molecule has 41 heavy (non-hydrogen) atoms. The Labute approximate surface area is 217 Å². The monoisotopic (exact) mass is 662 g/mol. The fourth-order valence-corrected chi connectivity index (χ4v) is 3.62. The molecule has 6 nitrogen and oxygen atoms in total. The van der Waals surface area contributed by atoms with E-state index in [1.54, 1.807) is 0 Å². The van der Waals surface area contributed by atoms with E-state index in [1.165, 1.54) is 4.74 Å². The summed E-state index contributed by atoms with van der Waals surface area (Å²) in [5.41, 5.74) is -0.539. The van der Waals surface area contributed by atoms with Crippen molar-refractivity contribution in [3.63, 3.8) is 0 Å². The Hall–Kier alpha value is -2.27. The van der Waals surface area contributed by atoms with Crippen molar-refractivity contribution in [2.24, 2.45) is 0 Å². The van der Waals surface area contributed by atoms with Crippen LogP contribution in [0.5, 0.6) is 5.75 Å². The number of hydrogen-bond donors (Lipinski definition) is 1. The predicted molar refractivity (Wildman–Crippen MR) is 99.3 cm³/mol. The third-order valence-electron chi connectivity index (χ3n) is 4.52. The van der Waals surface area contributed by atoms with E-state index in [0.717, 1.165) is 19.1 Å². The molecule has 0 heterocycles. The van der Waals surface area contributed by atoms with Crippen LogP contribution in [0.4, 0.5) is 70.2 Å². The lowest BCUT2D eigenvalue weighted by molar-refractivity contribution is -0.542. The fourth-order valence-electron chi connectivity index (χ4n) is 2.62. The van der Waals surface area contributed by atoms with Crippen molar-refractivity contribution in [2.45, 2.75) is 67.2 Å². The molecule has 0 aromatic heterocycles. The minimum absolute atomic E-state index is 0.510. The second kappa shape index (κ2) is 11.4. The van der Waals surface area contributed by atoms with Gasteiger partial charge in [-0.05, 0) is 24.6 Å². The molecule has 0 amide bonds. The summed E-state index contributed by atoms with van der Waals surface area (Å²) >= 11 is 0. The van der Waals surface area contributed by atoms with E-state index in [4.69, 9.17) is 0 Å².